The van der Waals surface area contributed by atoms with Crippen molar-refractivity contribution in [2.45, 2.75) is 38.5 Å². The van der Waals surface area contributed by atoms with Crippen LogP contribution in [-0.4, -0.2) is 18.9 Å². The van der Waals surface area contributed by atoms with Crippen molar-refractivity contribution in [2.24, 2.45) is 5.92 Å². The molecule has 1 saturated carbocycles. The fourth-order valence-corrected chi connectivity index (χ4v) is 1.64. The smallest absolute Gasteiger partial charge is 0.306 e. The molecule has 3 heteroatoms. The number of ether oxygens (including phenoxy) is 1. The minimum absolute atomic E-state index is 0.232. The molecule has 1 aliphatic carbocycles. The Morgan fingerprint density at radius 3 is 2.69 bits per heavy atom. The zero-order valence-corrected chi connectivity index (χ0v) is 7.83. The normalized spacial score (nSPS) is 17.2. The molecule has 0 aromatic carbocycles. The monoisotopic (exact) mass is 184 g/mol. The van der Waals surface area contributed by atoms with Crippen LogP contribution in [0.25, 0.3) is 0 Å². The molecule has 0 aliphatic heterocycles. The van der Waals surface area contributed by atoms with Gasteiger partial charge in [-0.1, -0.05) is 12.8 Å². The van der Waals surface area contributed by atoms with E-state index in [-0.39, 0.29) is 18.8 Å². The van der Waals surface area contributed by atoms with Gasteiger partial charge in [0.05, 0.1) is 13.0 Å². The van der Waals surface area contributed by atoms with Crippen molar-refractivity contribution in [3.8, 4) is 0 Å². The lowest BCUT2D eigenvalue weighted by atomic mass is 10.1. The van der Waals surface area contributed by atoms with Crippen molar-refractivity contribution in [2.75, 3.05) is 6.61 Å². The Morgan fingerprint density at radius 2 is 2.08 bits per heavy atom. The van der Waals surface area contributed by atoms with Gasteiger partial charge >= 0.3 is 5.97 Å². The Morgan fingerprint density at radius 1 is 1.38 bits per heavy atom. The van der Waals surface area contributed by atoms with Gasteiger partial charge in [0.1, 0.15) is 6.29 Å². The summed E-state index contributed by atoms with van der Waals surface area (Å²) in [4.78, 5) is 20.9. The van der Waals surface area contributed by atoms with Crippen molar-refractivity contribution >= 4 is 12.3 Å². The van der Waals surface area contributed by atoms with Crippen LogP contribution in [0.1, 0.15) is 38.5 Å². The van der Waals surface area contributed by atoms with E-state index in [0.29, 0.717) is 12.5 Å². The summed E-state index contributed by atoms with van der Waals surface area (Å²) in [5.41, 5.74) is 0. The summed E-state index contributed by atoms with van der Waals surface area (Å²) in [6.07, 6.45) is 6.14. The van der Waals surface area contributed by atoms with E-state index in [1.54, 1.807) is 0 Å². The Bertz CT molecular complexity index is 171. The van der Waals surface area contributed by atoms with Crippen LogP contribution in [0, 0.1) is 5.92 Å². The predicted molar refractivity (Wildman–Crippen MR) is 48.2 cm³/mol. The number of esters is 1. The minimum Gasteiger partial charge on any atom is -0.465 e. The molecule has 0 spiro atoms. The second kappa shape index (κ2) is 5.73. The summed E-state index contributed by atoms with van der Waals surface area (Å²) in [6, 6.07) is 0. The highest BCUT2D eigenvalue weighted by molar-refractivity contribution is 5.72. The average molecular weight is 184 g/mol. The van der Waals surface area contributed by atoms with Crippen LogP contribution in [0.4, 0.5) is 0 Å². The summed E-state index contributed by atoms with van der Waals surface area (Å²) in [6.45, 7) is 0.553. The van der Waals surface area contributed by atoms with Crippen molar-refractivity contribution in [1.29, 1.82) is 0 Å². The van der Waals surface area contributed by atoms with Crippen molar-refractivity contribution in [3.63, 3.8) is 0 Å². The predicted octanol–water partition coefficient (Wildman–Crippen LogP) is 1.70. The molecular weight excluding hydrogens is 168 g/mol. The molecule has 0 aromatic rings. The van der Waals surface area contributed by atoms with Gasteiger partial charge in [-0.2, -0.15) is 0 Å². The number of hydrogen-bond donors (Lipinski definition) is 0. The SMILES string of the molecule is O=CCCC(=O)OCC1CCCC1. The van der Waals surface area contributed by atoms with Gasteiger partial charge in [-0.25, -0.2) is 0 Å². The van der Waals surface area contributed by atoms with Gasteiger partial charge in [-0.05, 0) is 18.8 Å². The molecule has 0 atom stereocenters. The van der Waals surface area contributed by atoms with E-state index >= 15 is 0 Å². The zero-order valence-electron chi connectivity index (χ0n) is 7.83. The number of rotatable bonds is 5. The van der Waals surface area contributed by atoms with Crippen LogP contribution in [0.3, 0.4) is 0 Å². The minimum atomic E-state index is -0.237. The summed E-state index contributed by atoms with van der Waals surface area (Å²) < 4.78 is 5.03. The van der Waals surface area contributed by atoms with Gasteiger partial charge in [-0.15, -0.1) is 0 Å². The van der Waals surface area contributed by atoms with Crippen LogP contribution in [0.15, 0.2) is 0 Å². The molecule has 0 amide bonds. The van der Waals surface area contributed by atoms with Gasteiger partial charge < -0.3 is 9.53 Å². The number of carbonyl (C=O) groups excluding carboxylic acids is 2. The maximum atomic E-state index is 11.0. The fourth-order valence-electron chi connectivity index (χ4n) is 1.64. The highest BCUT2D eigenvalue weighted by Gasteiger charge is 2.16. The van der Waals surface area contributed by atoms with E-state index in [1.807, 2.05) is 0 Å². The van der Waals surface area contributed by atoms with E-state index in [1.165, 1.54) is 25.7 Å². The molecule has 1 fully saturated rings. The molecule has 0 unspecified atom stereocenters. The first-order valence-corrected chi connectivity index (χ1v) is 4.92. The second-order valence-electron chi connectivity index (χ2n) is 3.54. The van der Waals surface area contributed by atoms with Crippen LogP contribution < -0.4 is 0 Å². The van der Waals surface area contributed by atoms with Crippen molar-refractivity contribution in [3.05, 3.63) is 0 Å². The fraction of sp³-hybridized carbons (Fsp3) is 0.800. The Labute approximate surface area is 78.5 Å². The molecule has 0 saturated heterocycles. The summed E-state index contributed by atoms with van der Waals surface area (Å²) in [5.74, 6) is 0.333. The van der Waals surface area contributed by atoms with Crippen LogP contribution in [-0.2, 0) is 14.3 Å². The molecule has 0 N–H and O–H groups in total. The molecule has 3 nitrogen and oxygen atoms in total. The van der Waals surface area contributed by atoms with E-state index in [9.17, 15) is 9.59 Å². The third-order valence-corrected chi connectivity index (χ3v) is 2.42. The van der Waals surface area contributed by atoms with E-state index in [0.717, 1.165) is 6.29 Å². The van der Waals surface area contributed by atoms with E-state index in [2.05, 4.69) is 0 Å². The maximum absolute atomic E-state index is 11.0. The van der Waals surface area contributed by atoms with E-state index < -0.39 is 0 Å². The number of aldehydes is 1. The first-order valence-electron chi connectivity index (χ1n) is 4.92. The second-order valence-corrected chi connectivity index (χ2v) is 3.54. The van der Waals surface area contributed by atoms with Crippen molar-refractivity contribution in [1.82, 2.24) is 0 Å². The van der Waals surface area contributed by atoms with Crippen molar-refractivity contribution < 1.29 is 14.3 Å². The Balaban J connectivity index is 2.03. The largest absolute Gasteiger partial charge is 0.465 e. The lowest BCUT2D eigenvalue weighted by molar-refractivity contribution is -0.145. The topological polar surface area (TPSA) is 43.4 Å². The molecule has 0 bridgehead atoms. The Hall–Kier alpha value is -0.860. The zero-order chi connectivity index (χ0) is 9.52. The molecule has 74 valence electrons. The highest BCUT2D eigenvalue weighted by atomic mass is 16.5. The quantitative estimate of drug-likeness (QED) is 0.482. The summed E-state index contributed by atoms with van der Waals surface area (Å²) in [5, 5.41) is 0. The average Bonchev–Trinajstić information content (AvgIpc) is 2.64. The molecule has 13 heavy (non-hydrogen) atoms. The summed E-state index contributed by atoms with van der Waals surface area (Å²) in [7, 11) is 0. The number of carbonyl (C=O) groups is 2. The lowest BCUT2D eigenvalue weighted by Crippen LogP contribution is -2.11. The molecular formula is C10H16O3. The first kappa shape index (κ1) is 10.2. The maximum Gasteiger partial charge on any atom is 0.306 e. The van der Waals surface area contributed by atoms with Gasteiger partial charge in [-0.3, -0.25) is 4.79 Å². The third kappa shape index (κ3) is 4.06. The highest BCUT2D eigenvalue weighted by Crippen LogP contribution is 2.24. The van der Waals surface area contributed by atoms with Crippen LogP contribution in [0.5, 0.6) is 0 Å². The van der Waals surface area contributed by atoms with Gasteiger partial charge in [0.15, 0.2) is 0 Å². The standard InChI is InChI=1S/C10H16O3/c11-7-3-6-10(12)13-8-9-4-1-2-5-9/h7,9H,1-6,8H2. The lowest BCUT2D eigenvalue weighted by Gasteiger charge is -2.08. The molecule has 0 heterocycles. The number of hydrogen-bond acceptors (Lipinski definition) is 3. The van der Waals surface area contributed by atoms with Gasteiger partial charge in [0.25, 0.3) is 0 Å². The van der Waals surface area contributed by atoms with E-state index in [4.69, 9.17) is 4.74 Å². The van der Waals surface area contributed by atoms with Gasteiger partial charge in [0.2, 0.25) is 0 Å². The Kier molecular flexibility index (Phi) is 4.50. The molecule has 1 aliphatic rings. The first-order chi connectivity index (χ1) is 6.33. The molecule has 0 radical (unpaired) electrons. The molecule has 0 aromatic heterocycles. The van der Waals surface area contributed by atoms with Crippen LogP contribution in [0.2, 0.25) is 0 Å². The summed E-state index contributed by atoms with van der Waals surface area (Å²) >= 11 is 0. The molecule has 1 rings (SSSR count). The van der Waals surface area contributed by atoms with Crippen LogP contribution >= 0.6 is 0 Å². The van der Waals surface area contributed by atoms with Gasteiger partial charge in [0, 0.05) is 6.42 Å². The third-order valence-electron chi connectivity index (χ3n) is 2.42.